The van der Waals surface area contributed by atoms with Crippen LogP contribution in [0.15, 0.2) is 56.9 Å². The van der Waals surface area contributed by atoms with E-state index in [1.54, 1.807) is 6.07 Å². The molecule has 1 aromatic heterocycles. The molecule has 0 unspecified atom stereocenters. The van der Waals surface area contributed by atoms with E-state index in [0.29, 0.717) is 16.7 Å². The number of H-pyrrole nitrogens is 2. The zero-order chi connectivity index (χ0) is 19.8. The molecule has 0 saturated heterocycles. The van der Waals surface area contributed by atoms with E-state index in [4.69, 9.17) is 0 Å². The fourth-order valence-corrected chi connectivity index (χ4v) is 3.35. The lowest BCUT2D eigenvalue weighted by Crippen LogP contribution is -2.28. The topological polar surface area (TPSA) is 132 Å². The zero-order valence-corrected chi connectivity index (χ0v) is 15.3. The lowest BCUT2D eigenvalue weighted by Gasteiger charge is -2.12. The first-order valence-corrected chi connectivity index (χ1v) is 9.23. The quantitative estimate of drug-likeness (QED) is 0.567. The number of hydrogen-bond donors (Lipinski definition) is 3. The van der Waals surface area contributed by atoms with Crippen LogP contribution in [0.4, 0.5) is 5.69 Å². The number of benzene rings is 2. The molecule has 0 aliphatic carbocycles. The van der Waals surface area contributed by atoms with E-state index >= 15 is 0 Å². The van der Waals surface area contributed by atoms with Gasteiger partial charge in [0, 0.05) is 25.3 Å². The van der Waals surface area contributed by atoms with Crippen molar-refractivity contribution in [1.29, 1.82) is 0 Å². The monoisotopic (exact) mass is 388 g/mol. The molecule has 1 amide bonds. The Bertz CT molecular complexity index is 1260. The molecular weight excluding hydrogens is 372 g/mol. The SMILES string of the molecule is CN(C)S(=O)(=O)c1cccc(C(=O)Nc2ccc3[nH]c(=O)c(=O)[nH]c3c2)c1. The second-order valence-electron chi connectivity index (χ2n) is 5.94. The Kier molecular flexibility index (Phi) is 4.68. The molecule has 3 aromatic rings. The van der Waals surface area contributed by atoms with Crippen LogP contribution in [0.1, 0.15) is 10.4 Å². The molecule has 2 aromatic carbocycles. The van der Waals surface area contributed by atoms with E-state index in [9.17, 15) is 22.8 Å². The van der Waals surface area contributed by atoms with Crippen molar-refractivity contribution in [1.82, 2.24) is 14.3 Å². The van der Waals surface area contributed by atoms with Crippen molar-refractivity contribution in [3.05, 3.63) is 68.7 Å². The molecule has 3 rings (SSSR count). The number of nitrogens with zero attached hydrogens (tertiary/aromatic N) is 1. The van der Waals surface area contributed by atoms with Crippen LogP contribution in [-0.4, -0.2) is 42.7 Å². The Morgan fingerprint density at radius 1 is 0.963 bits per heavy atom. The van der Waals surface area contributed by atoms with Gasteiger partial charge in [-0.1, -0.05) is 6.07 Å². The Hall–Kier alpha value is -3.24. The summed E-state index contributed by atoms with van der Waals surface area (Å²) >= 11 is 0. The molecule has 0 aliphatic rings. The summed E-state index contributed by atoms with van der Waals surface area (Å²) in [4.78, 5) is 40.1. The third-order valence-corrected chi connectivity index (χ3v) is 5.67. The van der Waals surface area contributed by atoms with Gasteiger partial charge in [-0.05, 0) is 36.4 Å². The Labute approximate surface area is 153 Å². The van der Waals surface area contributed by atoms with Gasteiger partial charge in [0.2, 0.25) is 10.0 Å². The van der Waals surface area contributed by atoms with E-state index < -0.39 is 27.0 Å². The minimum absolute atomic E-state index is 0.000525. The third-order valence-electron chi connectivity index (χ3n) is 3.85. The van der Waals surface area contributed by atoms with Gasteiger partial charge in [-0.15, -0.1) is 0 Å². The highest BCUT2D eigenvalue weighted by atomic mass is 32.2. The summed E-state index contributed by atoms with van der Waals surface area (Å²) in [5.74, 6) is -0.517. The van der Waals surface area contributed by atoms with Crippen molar-refractivity contribution in [3.8, 4) is 0 Å². The van der Waals surface area contributed by atoms with Gasteiger partial charge >= 0.3 is 11.1 Å². The lowest BCUT2D eigenvalue weighted by molar-refractivity contribution is 0.102. The van der Waals surface area contributed by atoms with Gasteiger partial charge in [-0.3, -0.25) is 14.4 Å². The Balaban J connectivity index is 1.92. The zero-order valence-electron chi connectivity index (χ0n) is 14.4. The molecular formula is C17H16N4O5S. The van der Waals surface area contributed by atoms with Crippen molar-refractivity contribution >= 4 is 32.7 Å². The molecule has 0 spiro atoms. The van der Waals surface area contributed by atoms with Crippen molar-refractivity contribution in [2.24, 2.45) is 0 Å². The number of aromatic amines is 2. The highest BCUT2D eigenvalue weighted by Crippen LogP contribution is 2.18. The van der Waals surface area contributed by atoms with Crippen molar-refractivity contribution in [3.63, 3.8) is 0 Å². The van der Waals surface area contributed by atoms with Gasteiger partial charge in [0.1, 0.15) is 0 Å². The van der Waals surface area contributed by atoms with Crippen molar-refractivity contribution in [2.75, 3.05) is 19.4 Å². The minimum Gasteiger partial charge on any atom is -0.322 e. The fraction of sp³-hybridized carbons (Fsp3) is 0.118. The molecule has 27 heavy (non-hydrogen) atoms. The van der Waals surface area contributed by atoms with E-state index in [1.165, 1.54) is 50.5 Å². The number of aromatic nitrogens is 2. The van der Waals surface area contributed by atoms with Gasteiger partial charge in [0.15, 0.2) is 0 Å². The molecule has 0 radical (unpaired) electrons. The number of carbonyl (C=O) groups excluding carboxylic acids is 1. The number of rotatable bonds is 4. The lowest BCUT2D eigenvalue weighted by atomic mass is 10.2. The average Bonchev–Trinajstić information content (AvgIpc) is 2.63. The smallest absolute Gasteiger partial charge is 0.314 e. The minimum atomic E-state index is -3.66. The predicted octanol–water partition coefficient (Wildman–Crippen LogP) is 0.719. The van der Waals surface area contributed by atoms with E-state index in [0.717, 1.165) is 4.31 Å². The highest BCUT2D eigenvalue weighted by molar-refractivity contribution is 7.89. The summed E-state index contributed by atoms with van der Waals surface area (Å²) < 4.78 is 25.5. The maximum absolute atomic E-state index is 12.5. The van der Waals surface area contributed by atoms with Crippen LogP contribution in [0, 0.1) is 0 Å². The number of sulfonamides is 1. The number of amides is 1. The second kappa shape index (κ2) is 6.82. The number of carbonyl (C=O) groups is 1. The predicted molar refractivity (Wildman–Crippen MR) is 100 cm³/mol. The van der Waals surface area contributed by atoms with E-state index in [-0.39, 0.29) is 10.5 Å². The molecule has 0 atom stereocenters. The second-order valence-corrected chi connectivity index (χ2v) is 8.09. The molecule has 9 nitrogen and oxygen atoms in total. The summed E-state index contributed by atoms with van der Waals surface area (Å²) in [7, 11) is -0.854. The number of nitrogens with one attached hydrogen (secondary N) is 3. The van der Waals surface area contributed by atoms with Gasteiger partial charge < -0.3 is 15.3 Å². The number of hydrogen-bond acceptors (Lipinski definition) is 5. The number of anilines is 1. The van der Waals surface area contributed by atoms with Crippen LogP contribution in [0.2, 0.25) is 0 Å². The first-order valence-electron chi connectivity index (χ1n) is 7.79. The van der Waals surface area contributed by atoms with Gasteiger partial charge in [0.25, 0.3) is 5.91 Å². The van der Waals surface area contributed by atoms with Crippen LogP contribution in [0.25, 0.3) is 11.0 Å². The summed E-state index contributed by atoms with van der Waals surface area (Å²) in [5.41, 5.74) is -0.271. The third kappa shape index (κ3) is 3.66. The molecule has 0 bridgehead atoms. The summed E-state index contributed by atoms with van der Waals surface area (Å²) in [6.45, 7) is 0. The maximum atomic E-state index is 12.5. The molecule has 10 heteroatoms. The normalized spacial score (nSPS) is 11.7. The summed E-state index contributed by atoms with van der Waals surface area (Å²) in [5, 5.41) is 2.63. The summed E-state index contributed by atoms with van der Waals surface area (Å²) in [6.07, 6.45) is 0. The standard InChI is InChI=1S/C17H16N4O5S/c1-21(2)27(25,26)12-5-3-4-10(8-12)15(22)18-11-6-7-13-14(9-11)20-17(24)16(23)19-13/h3-9H,1-2H3,(H,18,22)(H,19,23)(H,20,24). The fourth-order valence-electron chi connectivity index (χ4n) is 2.40. The Morgan fingerprint density at radius 3 is 2.30 bits per heavy atom. The molecule has 0 fully saturated rings. The average molecular weight is 388 g/mol. The largest absolute Gasteiger partial charge is 0.322 e. The molecule has 1 heterocycles. The van der Waals surface area contributed by atoms with Crippen LogP contribution in [-0.2, 0) is 10.0 Å². The van der Waals surface area contributed by atoms with Crippen LogP contribution >= 0.6 is 0 Å². The summed E-state index contributed by atoms with van der Waals surface area (Å²) in [6, 6.07) is 10.2. The molecule has 0 aliphatic heterocycles. The first-order chi connectivity index (χ1) is 12.7. The first kappa shape index (κ1) is 18.5. The van der Waals surface area contributed by atoms with E-state index in [1.807, 2.05) is 0 Å². The van der Waals surface area contributed by atoms with Crippen LogP contribution < -0.4 is 16.4 Å². The van der Waals surface area contributed by atoms with Crippen LogP contribution in [0.3, 0.4) is 0 Å². The molecule has 140 valence electrons. The van der Waals surface area contributed by atoms with Crippen molar-refractivity contribution in [2.45, 2.75) is 4.90 Å². The van der Waals surface area contributed by atoms with Gasteiger partial charge in [0.05, 0.1) is 15.9 Å². The number of fused-ring (bicyclic) bond motifs is 1. The van der Waals surface area contributed by atoms with Crippen LogP contribution in [0.5, 0.6) is 0 Å². The van der Waals surface area contributed by atoms with Gasteiger partial charge in [-0.2, -0.15) is 0 Å². The maximum Gasteiger partial charge on any atom is 0.314 e. The van der Waals surface area contributed by atoms with Crippen molar-refractivity contribution < 1.29 is 13.2 Å². The molecule has 3 N–H and O–H groups in total. The van der Waals surface area contributed by atoms with Gasteiger partial charge in [-0.25, -0.2) is 12.7 Å². The highest BCUT2D eigenvalue weighted by Gasteiger charge is 2.18. The Morgan fingerprint density at radius 2 is 1.63 bits per heavy atom. The van der Waals surface area contributed by atoms with E-state index in [2.05, 4.69) is 15.3 Å². The molecule has 0 saturated carbocycles.